The number of allylic oxidation sites excluding steroid dienone is 12. The van der Waals surface area contributed by atoms with Crippen molar-refractivity contribution in [2.24, 2.45) is 0 Å². The van der Waals surface area contributed by atoms with Crippen molar-refractivity contribution >= 4 is 22.7 Å². The molecule has 0 radical (unpaired) electrons. The Balaban J connectivity index is 1.67. The third-order valence-corrected chi connectivity index (χ3v) is 7.16. The summed E-state index contributed by atoms with van der Waals surface area (Å²) in [5, 5.41) is 0.874. The molecule has 142 valence electrons. The van der Waals surface area contributed by atoms with Crippen LogP contribution in [-0.2, 0) is 5.41 Å². The lowest BCUT2D eigenvalue weighted by molar-refractivity contribution is 0.352. The lowest BCUT2D eigenvalue weighted by Crippen LogP contribution is -2.28. The average molecular weight is 387 g/mol. The number of hydrogen-bond donors (Lipinski definition) is 0. The summed E-state index contributed by atoms with van der Waals surface area (Å²) in [5.41, 5.74) is 10.0. The molecule has 0 heterocycles. The Labute approximate surface area is 173 Å². The van der Waals surface area contributed by atoms with Crippen LogP contribution in [0.25, 0.3) is 11.1 Å². The van der Waals surface area contributed by atoms with Crippen LogP contribution in [0, 0.1) is 0 Å². The van der Waals surface area contributed by atoms with Crippen molar-refractivity contribution in [3.63, 3.8) is 0 Å². The molecule has 0 bridgehead atoms. The average Bonchev–Trinajstić information content (AvgIpc) is 2.93. The van der Waals surface area contributed by atoms with Gasteiger partial charge in [-0.3, -0.25) is 0 Å². The monoisotopic (exact) mass is 386 g/mol. The molecular formula is C27H27Cl. The first-order chi connectivity index (χ1) is 13.7. The molecule has 0 nitrogen and oxygen atoms in total. The third-order valence-electron chi connectivity index (χ3n) is 6.89. The minimum Gasteiger partial charge on any atom is -0.0847 e. The molecule has 0 N–H and O–H groups in total. The molecule has 1 aromatic rings. The highest BCUT2D eigenvalue weighted by Gasteiger charge is 2.45. The largest absolute Gasteiger partial charge is 0.0847 e. The van der Waals surface area contributed by atoms with Crippen LogP contribution in [0.2, 0.25) is 0 Å². The van der Waals surface area contributed by atoms with Crippen LogP contribution in [0.5, 0.6) is 0 Å². The molecule has 4 aliphatic rings. The molecule has 5 rings (SSSR count). The standard InChI is InChI=1S/C27H27Cl/c1-19-7-5-8-20(12-11-19)21-13-14-26-23(17-21)24-18-22(28)9-6-10-25(24)27(26)15-3-2-4-16-27/h7-14,17-18H,2-6,15-16H2,1H3. The maximum Gasteiger partial charge on any atom is 0.0375 e. The Kier molecular flexibility index (Phi) is 4.56. The van der Waals surface area contributed by atoms with Crippen molar-refractivity contribution in [2.45, 2.75) is 57.3 Å². The van der Waals surface area contributed by atoms with Gasteiger partial charge in [0.1, 0.15) is 0 Å². The smallest absolute Gasteiger partial charge is 0.0375 e. The van der Waals surface area contributed by atoms with Gasteiger partial charge >= 0.3 is 0 Å². The summed E-state index contributed by atoms with van der Waals surface area (Å²) in [6.07, 6.45) is 24.4. The van der Waals surface area contributed by atoms with E-state index in [1.54, 1.807) is 0 Å². The van der Waals surface area contributed by atoms with E-state index in [1.807, 2.05) is 0 Å². The molecule has 1 saturated carbocycles. The molecule has 0 aromatic heterocycles. The van der Waals surface area contributed by atoms with Crippen molar-refractivity contribution in [3.05, 3.63) is 93.6 Å². The van der Waals surface area contributed by atoms with E-state index in [1.165, 1.54) is 71.1 Å². The molecule has 0 saturated heterocycles. The number of fused-ring (bicyclic) bond motifs is 5. The van der Waals surface area contributed by atoms with Crippen LogP contribution in [0.1, 0.15) is 68.6 Å². The van der Waals surface area contributed by atoms with Gasteiger partial charge in [0, 0.05) is 10.4 Å². The number of halogens is 1. The molecule has 0 unspecified atom stereocenters. The Morgan fingerprint density at radius 3 is 2.57 bits per heavy atom. The second kappa shape index (κ2) is 7.08. The third kappa shape index (κ3) is 2.90. The normalized spacial score (nSPS) is 22.9. The highest BCUT2D eigenvalue weighted by atomic mass is 35.5. The molecule has 0 amide bonds. The van der Waals surface area contributed by atoms with E-state index in [0.717, 1.165) is 17.9 Å². The predicted octanol–water partition coefficient (Wildman–Crippen LogP) is 8.03. The Bertz CT molecular complexity index is 1000. The molecule has 1 spiro atoms. The van der Waals surface area contributed by atoms with E-state index in [4.69, 9.17) is 11.6 Å². The van der Waals surface area contributed by atoms with Crippen molar-refractivity contribution < 1.29 is 0 Å². The minimum absolute atomic E-state index is 0.207. The lowest BCUT2D eigenvalue weighted by atomic mass is 9.67. The Morgan fingerprint density at radius 2 is 1.71 bits per heavy atom. The first kappa shape index (κ1) is 18.0. The molecule has 0 aliphatic heterocycles. The van der Waals surface area contributed by atoms with Crippen LogP contribution >= 0.6 is 11.6 Å². The fourth-order valence-corrected chi connectivity index (χ4v) is 5.69. The molecule has 0 atom stereocenters. The van der Waals surface area contributed by atoms with E-state index in [2.05, 4.69) is 67.7 Å². The fraction of sp³-hybridized carbons (Fsp3) is 0.333. The molecule has 1 aromatic carbocycles. The van der Waals surface area contributed by atoms with E-state index in [9.17, 15) is 0 Å². The summed E-state index contributed by atoms with van der Waals surface area (Å²) in [7, 11) is 0. The summed E-state index contributed by atoms with van der Waals surface area (Å²) in [6.45, 7) is 2.17. The van der Waals surface area contributed by atoms with Crippen LogP contribution < -0.4 is 0 Å². The first-order valence-electron chi connectivity index (χ1n) is 10.7. The zero-order chi connectivity index (χ0) is 19.1. The number of hydrogen-bond acceptors (Lipinski definition) is 0. The van der Waals surface area contributed by atoms with Gasteiger partial charge in [0.15, 0.2) is 0 Å². The van der Waals surface area contributed by atoms with Crippen LogP contribution in [0.4, 0.5) is 0 Å². The van der Waals surface area contributed by atoms with Gasteiger partial charge in [0.05, 0.1) is 0 Å². The van der Waals surface area contributed by atoms with Gasteiger partial charge < -0.3 is 0 Å². The SMILES string of the molecule is CC1=CCC=C(c2ccc3c(c2)C2=CC(Cl)=CCC=C2C32CCCCC2)C=C1. The second-order valence-electron chi connectivity index (χ2n) is 8.58. The predicted molar refractivity (Wildman–Crippen MR) is 121 cm³/mol. The molecule has 4 aliphatic carbocycles. The highest BCUT2D eigenvalue weighted by molar-refractivity contribution is 6.32. The molecule has 1 fully saturated rings. The minimum atomic E-state index is 0.207. The summed E-state index contributed by atoms with van der Waals surface area (Å²) < 4.78 is 0. The Morgan fingerprint density at radius 1 is 0.893 bits per heavy atom. The first-order valence-corrected chi connectivity index (χ1v) is 11.0. The highest BCUT2D eigenvalue weighted by Crippen LogP contribution is 2.58. The van der Waals surface area contributed by atoms with Crippen LogP contribution in [-0.4, -0.2) is 0 Å². The van der Waals surface area contributed by atoms with Gasteiger partial charge in [-0.1, -0.05) is 85.0 Å². The van der Waals surface area contributed by atoms with Crippen molar-refractivity contribution in [1.82, 2.24) is 0 Å². The van der Waals surface area contributed by atoms with Crippen LogP contribution in [0.15, 0.2) is 76.9 Å². The summed E-state index contributed by atoms with van der Waals surface area (Å²) in [4.78, 5) is 0. The second-order valence-corrected chi connectivity index (χ2v) is 9.02. The van der Waals surface area contributed by atoms with Gasteiger partial charge in [-0.05, 0) is 78.2 Å². The van der Waals surface area contributed by atoms with Crippen molar-refractivity contribution in [2.75, 3.05) is 0 Å². The molecule has 1 heteroatoms. The van der Waals surface area contributed by atoms with Gasteiger partial charge in [-0.2, -0.15) is 0 Å². The topological polar surface area (TPSA) is 0 Å². The van der Waals surface area contributed by atoms with Gasteiger partial charge in [-0.15, -0.1) is 0 Å². The number of benzene rings is 1. The molecule has 28 heavy (non-hydrogen) atoms. The zero-order valence-corrected chi connectivity index (χ0v) is 17.4. The lowest BCUT2D eigenvalue weighted by Gasteiger charge is -2.36. The quantitative estimate of drug-likeness (QED) is 0.458. The van der Waals surface area contributed by atoms with Gasteiger partial charge in [-0.25, -0.2) is 0 Å². The fourth-order valence-electron chi connectivity index (χ4n) is 5.50. The van der Waals surface area contributed by atoms with E-state index >= 15 is 0 Å². The van der Waals surface area contributed by atoms with E-state index in [-0.39, 0.29) is 5.41 Å². The number of rotatable bonds is 1. The maximum atomic E-state index is 6.53. The molecular weight excluding hydrogens is 360 g/mol. The maximum absolute atomic E-state index is 6.53. The van der Waals surface area contributed by atoms with Gasteiger partial charge in [0.2, 0.25) is 0 Å². The van der Waals surface area contributed by atoms with Crippen LogP contribution in [0.3, 0.4) is 0 Å². The van der Waals surface area contributed by atoms with Crippen molar-refractivity contribution in [1.29, 1.82) is 0 Å². The summed E-state index contributed by atoms with van der Waals surface area (Å²) >= 11 is 6.53. The zero-order valence-electron chi connectivity index (χ0n) is 16.6. The van der Waals surface area contributed by atoms with E-state index < -0.39 is 0 Å². The summed E-state index contributed by atoms with van der Waals surface area (Å²) in [5.74, 6) is 0. The van der Waals surface area contributed by atoms with Gasteiger partial charge in [0.25, 0.3) is 0 Å². The Hall–Kier alpha value is -2.05. The van der Waals surface area contributed by atoms with E-state index in [0.29, 0.717) is 0 Å². The summed E-state index contributed by atoms with van der Waals surface area (Å²) in [6, 6.07) is 7.18. The van der Waals surface area contributed by atoms with Crippen molar-refractivity contribution in [3.8, 4) is 0 Å².